The van der Waals surface area contributed by atoms with Gasteiger partial charge in [0.05, 0.1) is 26.4 Å². The molecule has 19 atom stereocenters. The predicted molar refractivity (Wildman–Crippen MR) is 232 cm³/mol. The van der Waals surface area contributed by atoms with Crippen LogP contribution in [0.5, 0.6) is 0 Å². The maximum Gasteiger partial charge on any atom is 0.284 e. The summed E-state index contributed by atoms with van der Waals surface area (Å²) < 4.78 is 41.2. The molecule has 4 saturated heterocycles. The number of ketones is 1. The average Bonchev–Trinajstić information content (AvgIpc) is 3.61. The second-order valence-electron chi connectivity index (χ2n) is 16.9. The largest absolute Gasteiger partial charge is 0.394 e. The van der Waals surface area contributed by atoms with Gasteiger partial charge in [0.2, 0.25) is 11.4 Å². The molecule has 2 aromatic rings. The molecule has 4 heterocycles. The van der Waals surface area contributed by atoms with Gasteiger partial charge in [-0.15, -0.1) is 0 Å². The first-order valence-electron chi connectivity index (χ1n) is 22.0. The quantitative estimate of drug-likeness (QED) is 0.0205. The van der Waals surface area contributed by atoms with E-state index in [2.05, 4.69) is 6.58 Å². The van der Waals surface area contributed by atoms with Crippen molar-refractivity contribution in [3.05, 3.63) is 96.6 Å². The summed E-state index contributed by atoms with van der Waals surface area (Å²) in [4.78, 5) is 15.1. The normalized spacial score (nSPS) is 42.1. The van der Waals surface area contributed by atoms with E-state index in [4.69, 9.17) is 39.0 Å². The van der Waals surface area contributed by atoms with E-state index >= 15 is 4.79 Å². The number of aliphatic hydroxyl groups is 14. The third-order valence-electron chi connectivity index (χ3n) is 12.8. The van der Waals surface area contributed by atoms with Crippen LogP contribution in [0.2, 0.25) is 0 Å². The highest BCUT2D eigenvalue weighted by atomic mass is 16.8. The number of hydrogen-bond acceptors (Lipinski definition) is 24. The van der Waals surface area contributed by atoms with E-state index in [9.17, 15) is 71.5 Å². The molecule has 0 bridgehead atoms. The standard InChI is InChI=1S/C45H62N2O22/c1-3-5-16-24(22-12-8-6-9-13-22)30(23-14-10-7-11-15-23)43(61)39(66-41-37(59)35(57)32(54)28(65-41)20-63-40-36(58)34(56)31(53)25(17-48)64-40)27(19-50)68-45(47-46,44(43,62)29(52)4-2)69-42(21-51)38(60)33(55)26(18-49)67-42/h3,5-16,25-28,31-41,47-51,53-62H,1,4,17-21,46H2,2H3/b16-5+,30-24+/t25-,26-,27-,28-,31+,32+,33+,34-,35-,36-,37-,38+,39+,40-,41-,42+,43+,44+,45-/m1/s1. The Morgan fingerprint density at radius 2 is 1.28 bits per heavy atom. The number of hydrogen-bond donors (Lipinski definition) is 16. The van der Waals surface area contributed by atoms with E-state index in [1.807, 2.05) is 5.43 Å². The number of hydrazine groups is 1. The zero-order valence-corrected chi connectivity index (χ0v) is 37.2. The summed E-state index contributed by atoms with van der Waals surface area (Å²) in [6.45, 7) is -0.336. The fourth-order valence-electron chi connectivity index (χ4n) is 9.14. The van der Waals surface area contributed by atoms with Gasteiger partial charge >= 0.3 is 0 Å². The maximum absolute atomic E-state index is 15.1. The molecule has 0 aliphatic carbocycles. The van der Waals surface area contributed by atoms with Crippen LogP contribution in [-0.4, -0.2) is 225 Å². The lowest BCUT2D eigenvalue weighted by Crippen LogP contribution is -2.88. The molecule has 4 aliphatic heterocycles. The van der Waals surface area contributed by atoms with E-state index in [0.717, 1.165) is 0 Å². The summed E-state index contributed by atoms with van der Waals surface area (Å²) in [7, 11) is 0. The van der Waals surface area contributed by atoms with Crippen LogP contribution in [0, 0.1) is 0 Å². The van der Waals surface area contributed by atoms with Gasteiger partial charge in [-0.3, -0.25) is 15.4 Å². The fourth-order valence-corrected chi connectivity index (χ4v) is 9.14. The van der Waals surface area contributed by atoms with Crippen molar-refractivity contribution in [3.63, 3.8) is 0 Å². The number of nitrogens with two attached hydrogens (primary N) is 1. The highest BCUT2D eigenvalue weighted by Crippen LogP contribution is 2.56. The van der Waals surface area contributed by atoms with Crippen molar-refractivity contribution < 1.29 is 109 Å². The fraction of sp³-hybridized carbons (Fsp3) is 0.578. The predicted octanol–water partition coefficient (Wildman–Crippen LogP) is -5.88. The second kappa shape index (κ2) is 22.4. The average molecular weight is 983 g/mol. The van der Waals surface area contributed by atoms with Gasteiger partial charge in [0, 0.05) is 12.0 Å². The van der Waals surface area contributed by atoms with Gasteiger partial charge in [0.1, 0.15) is 86.0 Å². The molecule has 0 amide bonds. The molecule has 4 aliphatic rings. The minimum absolute atomic E-state index is 0.000743. The van der Waals surface area contributed by atoms with Crippen LogP contribution < -0.4 is 11.3 Å². The van der Waals surface area contributed by atoms with Crippen LogP contribution >= 0.6 is 0 Å². The molecule has 69 heavy (non-hydrogen) atoms. The number of rotatable bonds is 19. The molecule has 2 aromatic carbocycles. The van der Waals surface area contributed by atoms with Crippen LogP contribution in [0.15, 0.2) is 85.5 Å². The first kappa shape index (κ1) is 54.7. The first-order valence-corrected chi connectivity index (χ1v) is 22.0. The van der Waals surface area contributed by atoms with E-state index in [1.165, 1.54) is 49.4 Å². The second-order valence-corrected chi connectivity index (χ2v) is 16.9. The van der Waals surface area contributed by atoms with Crippen LogP contribution in [0.1, 0.15) is 24.5 Å². The van der Waals surface area contributed by atoms with Crippen LogP contribution in [0.25, 0.3) is 11.1 Å². The van der Waals surface area contributed by atoms with E-state index in [-0.39, 0.29) is 11.1 Å². The molecule has 17 N–H and O–H groups in total. The van der Waals surface area contributed by atoms with Gasteiger partial charge in [-0.05, 0) is 16.7 Å². The topological polar surface area (TPSA) is 403 Å². The van der Waals surface area contributed by atoms with Crippen LogP contribution in [-0.2, 0) is 38.0 Å². The molecule has 6 rings (SSSR count). The van der Waals surface area contributed by atoms with Crippen molar-refractivity contribution in [1.82, 2.24) is 5.43 Å². The lowest BCUT2D eigenvalue weighted by molar-refractivity contribution is -0.474. The van der Waals surface area contributed by atoms with Crippen molar-refractivity contribution >= 4 is 16.9 Å². The molecule has 0 spiro atoms. The summed E-state index contributed by atoms with van der Waals surface area (Å²) in [6, 6.07) is 15.6. The van der Waals surface area contributed by atoms with E-state index in [1.54, 1.807) is 36.4 Å². The Labute approximate surface area is 394 Å². The Morgan fingerprint density at radius 1 is 0.725 bits per heavy atom. The van der Waals surface area contributed by atoms with Gasteiger partial charge in [-0.1, -0.05) is 92.4 Å². The Balaban J connectivity index is 1.61. The molecule has 24 nitrogen and oxygen atoms in total. The van der Waals surface area contributed by atoms with Gasteiger partial charge in [0.15, 0.2) is 24.0 Å². The third kappa shape index (κ3) is 9.63. The number of Topliss-reactive ketones (excluding diaryl/α,β-unsaturated/α-hetero) is 1. The summed E-state index contributed by atoms with van der Waals surface area (Å²) in [5, 5.41) is 157. The van der Waals surface area contributed by atoms with E-state index in [0.29, 0.717) is 5.56 Å². The number of ether oxygens (including phenoxy) is 7. The lowest BCUT2D eigenvalue weighted by atomic mass is 9.62. The molecule has 4 fully saturated rings. The van der Waals surface area contributed by atoms with Gasteiger partial charge in [-0.25, -0.2) is 5.43 Å². The Hall–Kier alpha value is -3.59. The SMILES string of the molecule is C=C/C=C/C(=C(/c1ccccc1)[C@]1(O)[C@@H](O[C@H]2O[C@H](CO[C@@H]3O[C@H](CO)[C@H](O)[C@@H](O)[C@H]3O)[C@H](O)[C@@H](O)[C@H]2O)[C@@H](CO)O[C@@](NN)(O[C@]2(CO)O[C@H](CO)[C@H](O)[C@@H]2O)[C@]1(O)C(=O)CC)c1ccccc1. The Kier molecular flexibility index (Phi) is 17.8. The number of allylic oxidation sites excluding steroid dienone is 4. The van der Waals surface area contributed by atoms with Crippen molar-refractivity contribution in [2.45, 2.75) is 128 Å². The molecule has 0 saturated carbocycles. The third-order valence-corrected chi connectivity index (χ3v) is 12.8. The molecule has 0 radical (unpaired) electrons. The summed E-state index contributed by atoms with van der Waals surface area (Å²) in [5.41, 5.74) is -5.42. The first-order chi connectivity index (χ1) is 32.8. The van der Waals surface area contributed by atoms with Crippen molar-refractivity contribution in [2.24, 2.45) is 5.84 Å². The number of nitrogens with one attached hydrogen (secondary N) is 1. The monoisotopic (exact) mass is 982 g/mol. The molecular formula is C45H62N2O22. The molecule has 0 unspecified atom stereocenters. The smallest absolute Gasteiger partial charge is 0.284 e. The summed E-state index contributed by atoms with van der Waals surface area (Å²) >= 11 is 0. The zero-order valence-electron chi connectivity index (χ0n) is 37.2. The van der Waals surface area contributed by atoms with Gasteiger partial charge < -0.3 is 99.9 Å². The maximum atomic E-state index is 15.1. The highest BCUT2D eigenvalue weighted by molar-refractivity contribution is 6.04. The van der Waals surface area contributed by atoms with Crippen molar-refractivity contribution in [2.75, 3.05) is 33.0 Å². The zero-order chi connectivity index (χ0) is 50.6. The van der Waals surface area contributed by atoms with Gasteiger partial charge in [-0.2, -0.15) is 0 Å². The minimum atomic E-state index is -3.82. The Bertz CT molecular complexity index is 2090. The minimum Gasteiger partial charge on any atom is -0.394 e. The summed E-state index contributed by atoms with van der Waals surface area (Å²) in [5.74, 6) is -1.68. The molecule has 384 valence electrons. The highest BCUT2D eigenvalue weighted by Gasteiger charge is 2.80. The number of carbonyl (C=O) groups excluding carboxylic acids is 1. The number of aliphatic hydroxyl groups excluding tert-OH is 12. The van der Waals surface area contributed by atoms with Gasteiger partial charge in [0.25, 0.3) is 5.91 Å². The van der Waals surface area contributed by atoms with E-state index < -0.39 is 166 Å². The molecule has 0 aromatic heterocycles. The number of benzene rings is 2. The van der Waals surface area contributed by atoms with Crippen LogP contribution in [0.4, 0.5) is 0 Å². The summed E-state index contributed by atoms with van der Waals surface area (Å²) in [6.07, 6.45) is -26.4. The van der Waals surface area contributed by atoms with Crippen LogP contribution in [0.3, 0.4) is 0 Å². The lowest BCUT2D eigenvalue weighted by Gasteiger charge is -2.62. The molecular weight excluding hydrogens is 920 g/mol. The Morgan fingerprint density at radius 3 is 1.80 bits per heavy atom. The van der Waals surface area contributed by atoms with Crippen molar-refractivity contribution in [3.8, 4) is 0 Å². The number of carbonyl (C=O) groups is 1. The molecule has 24 heteroatoms. The van der Waals surface area contributed by atoms with Crippen molar-refractivity contribution in [1.29, 1.82) is 0 Å².